The Labute approximate surface area is 114 Å². The van der Waals surface area contributed by atoms with Crippen LogP contribution in [0.25, 0.3) is 0 Å². The number of rotatable bonds is 7. The van der Waals surface area contributed by atoms with Crippen LogP contribution in [0.3, 0.4) is 0 Å². The summed E-state index contributed by atoms with van der Waals surface area (Å²) in [5, 5.41) is 0. The van der Waals surface area contributed by atoms with E-state index in [-0.39, 0.29) is 5.78 Å². The van der Waals surface area contributed by atoms with Crippen molar-refractivity contribution in [2.45, 2.75) is 25.7 Å². The third-order valence-electron chi connectivity index (χ3n) is 2.97. The van der Waals surface area contributed by atoms with Crippen LogP contribution in [0.2, 0.25) is 0 Å². The van der Waals surface area contributed by atoms with Crippen LogP contribution in [0.1, 0.15) is 31.1 Å². The number of hydrogen-bond acceptors (Lipinski definition) is 4. The van der Waals surface area contributed by atoms with Crippen LogP contribution in [-0.2, 0) is 0 Å². The maximum atomic E-state index is 11.3. The summed E-state index contributed by atoms with van der Waals surface area (Å²) < 4.78 is 0. The van der Waals surface area contributed by atoms with Gasteiger partial charge in [0.25, 0.3) is 0 Å². The van der Waals surface area contributed by atoms with Crippen molar-refractivity contribution in [1.29, 1.82) is 0 Å². The first kappa shape index (κ1) is 15.1. The van der Waals surface area contributed by atoms with Gasteiger partial charge in [-0.25, -0.2) is 0 Å². The Morgan fingerprint density at radius 1 is 1.33 bits per heavy atom. The second-order valence-electron chi connectivity index (χ2n) is 4.18. The van der Waals surface area contributed by atoms with Crippen LogP contribution in [-0.4, -0.2) is 36.1 Å². The molecule has 0 aliphatic rings. The predicted molar refractivity (Wildman–Crippen MR) is 79.4 cm³/mol. The molecule has 0 atom stereocenters. The zero-order valence-corrected chi connectivity index (χ0v) is 12.2. The number of Topliss-reactive ketones (excluding diaryl/α,β-unsaturated/α-hetero) is 1. The number of benzene rings is 1. The van der Waals surface area contributed by atoms with E-state index in [9.17, 15) is 4.79 Å². The summed E-state index contributed by atoms with van der Waals surface area (Å²) >= 11 is 1.78. The van der Waals surface area contributed by atoms with Crippen molar-refractivity contribution in [3.8, 4) is 0 Å². The molecule has 0 unspecified atom stereocenters. The van der Waals surface area contributed by atoms with E-state index in [1.807, 2.05) is 18.2 Å². The molecule has 1 aromatic carbocycles. The second kappa shape index (κ2) is 7.44. The van der Waals surface area contributed by atoms with Crippen LogP contribution in [0.5, 0.6) is 0 Å². The van der Waals surface area contributed by atoms with Crippen molar-refractivity contribution in [2.24, 2.45) is 0 Å². The van der Waals surface area contributed by atoms with Crippen LogP contribution < -0.4 is 5.73 Å². The third kappa shape index (κ3) is 4.35. The van der Waals surface area contributed by atoms with Gasteiger partial charge in [0.2, 0.25) is 0 Å². The number of thioether (sulfide) groups is 1. The van der Waals surface area contributed by atoms with Crippen LogP contribution >= 0.6 is 11.8 Å². The van der Waals surface area contributed by atoms with Crippen molar-refractivity contribution < 1.29 is 4.79 Å². The lowest BCUT2D eigenvalue weighted by Crippen LogP contribution is -2.25. The van der Waals surface area contributed by atoms with Gasteiger partial charge in [-0.15, -0.1) is 11.8 Å². The fourth-order valence-corrected chi connectivity index (χ4v) is 2.74. The molecule has 0 aromatic heterocycles. The second-order valence-corrected chi connectivity index (χ2v) is 5.35. The highest BCUT2D eigenvalue weighted by molar-refractivity contribution is 7.99. The first-order chi connectivity index (χ1) is 8.58. The van der Waals surface area contributed by atoms with Crippen molar-refractivity contribution >= 4 is 23.2 Å². The largest absolute Gasteiger partial charge is 0.398 e. The van der Waals surface area contributed by atoms with E-state index in [4.69, 9.17) is 5.73 Å². The van der Waals surface area contributed by atoms with Crippen molar-refractivity contribution in [1.82, 2.24) is 4.90 Å². The summed E-state index contributed by atoms with van der Waals surface area (Å²) in [4.78, 5) is 14.8. The molecule has 0 bridgehead atoms. The highest BCUT2D eigenvalue weighted by atomic mass is 32.2. The van der Waals surface area contributed by atoms with Crippen molar-refractivity contribution in [3.05, 3.63) is 23.8 Å². The highest BCUT2D eigenvalue weighted by Gasteiger charge is 2.06. The summed E-state index contributed by atoms with van der Waals surface area (Å²) in [6.07, 6.45) is 0. The lowest BCUT2D eigenvalue weighted by Gasteiger charge is -2.17. The average Bonchev–Trinajstić information content (AvgIpc) is 2.34. The quantitative estimate of drug-likeness (QED) is 0.468. The van der Waals surface area contributed by atoms with E-state index in [0.717, 1.165) is 30.3 Å². The molecule has 0 fully saturated rings. The van der Waals surface area contributed by atoms with Gasteiger partial charge in [0, 0.05) is 28.4 Å². The van der Waals surface area contributed by atoms with E-state index in [0.29, 0.717) is 11.3 Å². The number of ketones is 1. The maximum Gasteiger partial charge on any atom is 0.161 e. The van der Waals surface area contributed by atoms with Gasteiger partial charge in [0.15, 0.2) is 5.78 Å². The van der Waals surface area contributed by atoms with Crippen LogP contribution in [0.15, 0.2) is 23.1 Å². The lowest BCUT2D eigenvalue weighted by molar-refractivity contribution is 0.101. The number of nitrogens with two attached hydrogens (primary N) is 1. The number of hydrogen-bond donors (Lipinski definition) is 1. The zero-order valence-electron chi connectivity index (χ0n) is 11.4. The third-order valence-corrected chi connectivity index (χ3v) is 3.95. The normalized spacial score (nSPS) is 10.9. The van der Waals surface area contributed by atoms with Crippen LogP contribution in [0, 0.1) is 0 Å². The van der Waals surface area contributed by atoms with Gasteiger partial charge in [-0.05, 0) is 38.2 Å². The first-order valence-corrected chi connectivity index (χ1v) is 7.32. The highest BCUT2D eigenvalue weighted by Crippen LogP contribution is 2.23. The number of nitrogens with zero attached hydrogens (tertiary/aromatic N) is 1. The molecular weight excluding hydrogens is 244 g/mol. The molecule has 1 aromatic rings. The average molecular weight is 266 g/mol. The molecule has 0 radical (unpaired) electrons. The smallest absolute Gasteiger partial charge is 0.161 e. The summed E-state index contributed by atoms with van der Waals surface area (Å²) in [6, 6.07) is 5.68. The SMILES string of the molecule is CCN(CC)CCSc1ccc(C(C)=O)c(N)c1. The number of nitrogen functional groups attached to an aromatic ring is 1. The molecule has 4 heteroatoms. The molecule has 0 aliphatic heterocycles. The Hall–Kier alpha value is -1.00. The first-order valence-electron chi connectivity index (χ1n) is 6.34. The van der Waals surface area contributed by atoms with Gasteiger partial charge >= 0.3 is 0 Å². The molecule has 0 saturated carbocycles. The summed E-state index contributed by atoms with van der Waals surface area (Å²) in [7, 11) is 0. The van der Waals surface area contributed by atoms with Crippen molar-refractivity contribution in [3.63, 3.8) is 0 Å². The molecular formula is C14H22N2OS. The van der Waals surface area contributed by atoms with E-state index < -0.39 is 0 Å². The molecule has 0 spiro atoms. The van der Waals surface area contributed by atoms with Gasteiger partial charge in [0.1, 0.15) is 0 Å². The molecule has 0 heterocycles. The Kier molecular flexibility index (Phi) is 6.22. The zero-order chi connectivity index (χ0) is 13.5. The molecule has 2 N–H and O–H groups in total. The Morgan fingerprint density at radius 3 is 2.50 bits per heavy atom. The minimum atomic E-state index is 0.0205. The van der Waals surface area contributed by atoms with E-state index in [1.54, 1.807) is 18.7 Å². The summed E-state index contributed by atoms with van der Waals surface area (Å²) in [5.41, 5.74) is 7.05. The minimum Gasteiger partial charge on any atom is -0.398 e. The Bertz CT molecular complexity index is 403. The fourth-order valence-electron chi connectivity index (χ4n) is 1.78. The fraction of sp³-hybridized carbons (Fsp3) is 0.500. The molecule has 3 nitrogen and oxygen atoms in total. The van der Waals surface area contributed by atoms with Gasteiger partial charge < -0.3 is 10.6 Å². The molecule has 18 heavy (non-hydrogen) atoms. The van der Waals surface area contributed by atoms with E-state index >= 15 is 0 Å². The molecule has 1 rings (SSSR count). The molecule has 0 aliphatic carbocycles. The number of carbonyl (C=O) groups is 1. The molecule has 0 saturated heterocycles. The Balaban J connectivity index is 2.53. The molecule has 100 valence electrons. The van der Waals surface area contributed by atoms with E-state index in [1.165, 1.54) is 0 Å². The van der Waals surface area contributed by atoms with Gasteiger partial charge in [-0.3, -0.25) is 4.79 Å². The number of anilines is 1. The van der Waals surface area contributed by atoms with E-state index in [2.05, 4.69) is 18.7 Å². The van der Waals surface area contributed by atoms with Crippen LogP contribution in [0.4, 0.5) is 5.69 Å². The topological polar surface area (TPSA) is 46.3 Å². The predicted octanol–water partition coefficient (Wildman–Crippen LogP) is 2.91. The monoisotopic (exact) mass is 266 g/mol. The number of carbonyl (C=O) groups excluding carboxylic acids is 1. The Morgan fingerprint density at radius 2 is 2.00 bits per heavy atom. The maximum absolute atomic E-state index is 11.3. The summed E-state index contributed by atoms with van der Waals surface area (Å²) in [6.45, 7) is 9.14. The van der Waals surface area contributed by atoms with Gasteiger partial charge in [-0.1, -0.05) is 13.8 Å². The van der Waals surface area contributed by atoms with Crippen molar-refractivity contribution in [2.75, 3.05) is 31.1 Å². The molecule has 0 amide bonds. The summed E-state index contributed by atoms with van der Waals surface area (Å²) in [5.74, 6) is 1.06. The lowest BCUT2D eigenvalue weighted by atomic mass is 10.1. The minimum absolute atomic E-state index is 0.0205. The van der Waals surface area contributed by atoms with Gasteiger partial charge in [-0.2, -0.15) is 0 Å². The standard InChI is InChI=1S/C14H22N2OS/c1-4-16(5-2)8-9-18-12-6-7-13(11(3)17)14(15)10-12/h6-7,10H,4-5,8-9,15H2,1-3H3. The van der Waals surface area contributed by atoms with Gasteiger partial charge in [0.05, 0.1) is 0 Å².